The Labute approximate surface area is 139 Å². The number of carbonyl (C=O) groups excluding carboxylic acids is 1. The maximum absolute atomic E-state index is 14.0. The number of nitrogens with zero attached hydrogens (tertiary/aromatic N) is 3. The van der Waals surface area contributed by atoms with Crippen molar-refractivity contribution in [1.82, 2.24) is 14.9 Å². The zero-order valence-corrected chi connectivity index (χ0v) is 13.6. The second-order valence-corrected chi connectivity index (χ2v) is 7.85. The molecule has 1 atom stereocenters. The molecule has 1 aliphatic heterocycles. The van der Waals surface area contributed by atoms with Gasteiger partial charge in [-0.3, -0.25) is 9.78 Å². The van der Waals surface area contributed by atoms with Gasteiger partial charge >= 0.3 is 0 Å². The van der Waals surface area contributed by atoms with E-state index in [1.54, 1.807) is 6.07 Å². The van der Waals surface area contributed by atoms with E-state index in [1.807, 2.05) is 0 Å². The Kier molecular flexibility index (Phi) is 4.57. The van der Waals surface area contributed by atoms with Crippen LogP contribution in [0.2, 0.25) is 0 Å². The van der Waals surface area contributed by atoms with Crippen LogP contribution >= 0.6 is 0 Å². The molecule has 0 bridgehead atoms. The van der Waals surface area contributed by atoms with Crippen LogP contribution in [0.3, 0.4) is 0 Å². The lowest BCUT2D eigenvalue weighted by Crippen LogP contribution is -2.34. The molecule has 0 radical (unpaired) electrons. The van der Waals surface area contributed by atoms with Crippen molar-refractivity contribution in [1.29, 1.82) is 0 Å². The molecular formula is C16H16FN3O3S. The monoisotopic (exact) mass is 349 g/mol. The maximum Gasteiger partial charge on any atom is 0.274 e. The van der Waals surface area contributed by atoms with Crippen LogP contribution in [0.5, 0.6) is 0 Å². The van der Waals surface area contributed by atoms with Crippen LogP contribution in [-0.4, -0.2) is 48.0 Å². The molecular weight excluding hydrogens is 333 g/mol. The summed E-state index contributed by atoms with van der Waals surface area (Å²) >= 11 is 0. The molecule has 2 aromatic rings. The van der Waals surface area contributed by atoms with Gasteiger partial charge in [0.2, 0.25) is 0 Å². The number of hydrogen-bond acceptors (Lipinski definition) is 5. The second-order valence-electron chi connectivity index (χ2n) is 5.55. The Bertz CT molecular complexity index is 843. The molecule has 126 valence electrons. The number of amides is 1. The Morgan fingerprint density at radius 1 is 1.21 bits per heavy atom. The largest absolute Gasteiger partial charge is 0.336 e. The first-order valence-corrected chi connectivity index (χ1v) is 9.22. The summed E-state index contributed by atoms with van der Waals surface area (Å²) in [6.45, 7) is 0.274. The van der Waals surface area contributed by atoms with Crippen LogP contribution in [0, 0.1) is 5.82 Å². The number of halogens is 1. The molecule has 1 amide bonds. The Balaban J connectivity index is 1.85. The summed E-state index contributed by atoms with van der Waals surface area (Å²) in [6, 6.07) is 5.86. The van der Waals surface area contributed by atoms with Gasteiger partial charge in [0.05, 0.1) is 17.2 Å². The molecule has 3 rings (SSSR count). The van der Waals surface area contributed by atoms with Crippen LogP contribution < -0.4 is 0 Å². The standard InChI is InChI=1S/C16H16FN3O3S/c17-13-4-2-1-3-12(13)15-5-8-20(9-10-24(15,22)23)16(21)14-11-18-6-7-19-14/h1-4,6-7,11,15H,5,8-10H2. The number of aromatic nitrogens is 2. The first-order valence-electron chi connectivity index (χ1n) is 7.50. The minimum absolute atomic E-state index is 0.0582. The predicted molar refractivity (Wildman–Crippen MR) is 85.5 cm³/mol. The van der Waals surface area contributed by atoms with E-state index in [0.29, 0.717) is 0 Å². The number of carbonyl (C=O) groups is 1. The fourth-order valence-corrected chi connectivity index (χ4v) is 4.61. The number of rotatable bonds is 2. The number of sulfone groups is 1. The van der Waals surface area contributed by atoms with Gasteiger partial charge in [-0.25, -0.2) is 17.8 Å². The molecule has 0 saturated carbocycles. The molecule has 0 spiro atoms. The van der Waals surface area contributed by atoms with Gasteiger partial charge in [-0.2, -0.15) is 0 Å². The van der Waals surface area contributed by atoms with Crippen LogP contribution in [0.1, 0.15) is 27.7 Å². The molecule has 8 heteroatoms. The molecule has 2 heterocycles. The molecule has 6 nitrogen and oxygen atoms in total. The molecule has 24 heavy (non-hydrogen) atoms. The molecule has 1 fully saturated rings. The average Bonchev–Trinajstić information content (AvgIpc) is 2.74. The zero-order valence-electron chi connectivity index (χ0n) is 12.8. The van der Waals surface area contributed by atoms with E-state index in [4.69, 9.17) is 0 Å². The van der Waals surface area contributed by atoms with Crippen LogP contribution in [0.4, 0.5) is 4.39 Å². The highest BCUT2D eigenvalue weighted by Gasteiger charge is 2.34. The fraction of sp³-hybridized carbons (Fsp3) is 0.312. The van der Waals surface area contributed by atoms with Crippen molar-refractivity contribution in [3.05, 3.63) is 59.9 Å². The lowest BCUT2D eigenvalue weighted by molar-refractivity contribution is 0.0760. The predicted octanol–water partition coefficient (Wildman–Crippen LogP) is 1.62. The summed E-state index contributed by atoms with van der Waals surface area (Å²) in [5, 5.41) is -0.946. The normalized spacial score (nSPS) is 20.4. The molecule has 1 aromatic carbocycles. The van der Waals surface area contributed by atoms with E-state index in [2.05, 4.69) is 9.97 Å². The van der Waals surface area contributed by atoms with E-state index < -0.39 is 20.9 Å². The Morgan fingerprint density at radius 3 is 2.71 bits per heavy atom. The van der Waals surface area contributed by atoms with Crippen molar-refractivity contribution >= 4 is 15.7 Å². The van der Waals surface area contributed by atoms with Crippen molar-refractivity contribution < 1.29 is 17.6 Å². The minimum atomic E-state index is -3.55. The van der Waals surface area contributed by atoms with Gasteiger partial charge in [0, 0.05) is 31.0 Å². The fourth-order valence-electron chi connectivity index (χ4n) is 2.80. The third kappa shape index (κ3) is 3.28. The van der Waals surface area contributed by atoms with Crippen LogP contribution in [0.25, 0.3) is 0 Å². The smallest absolute Gasteiger partial charge is 0.274 e. The highest BCUT2D eigenvalue weighted by atomic mass is 32.2. The molecule has 0 aliphatic carbocycles. The molecule has 1 unspecified atom stereocenters. The summed E-state index contributed by atoms with van der Waals surface area (Å²) in [6.07, 6.45) is 4.35. The number of benzene rings is 1. The van der Waals surface area contributed by atoms with Crippen molar-refractivity contribution in [2.75, 3.05) is 18.8 Å². The van der Waals surface area contributed by atoms with Gasteiger partial charge in [-0.1, -0.05) is 18.2 Å². The third-order valence-corrected chi connectivity index (χ3v) is 6.17. The summed E-state index contributed by atoms with van der Waals surface area (Å²) in [5.74, 6) is -1.12. The van der Waals surface area contributed by atoms with Gasteiger partial charge in [0.15, 0.2) is 9.84 Å². The second kappa shape index (κ2) is 6.64. The minimum Gasteiger partial charge on any atom is -0.336 e. The van der Waals surface area contributed by atoms with E-state index in [1.165, 1.54) is 41.7 Å². The summed E-state index contributed by atoms with van der Waals surface area (Å²) in [5.41, 5.74) is 0.325. The Hall–Kier alpha value is -2.35. The zero-order chi connectivity index (χ0) is 17.2. The van der Waals surface area contributed by atoms with Gasteiger partial charge in [-0.15, -0.1) is 0 Å². The van der Waals surface area contributed by atoms with Gasteiger partial charge in [-0.05, 0) is 12.5 Å². The lowest BCUT2D eigenvalue weighted by Gasteiger charge is -2.19. The van der Waals surface area contributed by atoms with Crippen molar-refractivity contribution in [2.24, 2.45) is 0 Å². The van der Waals surface area contributed by atoms with Gasteiger partial charge in [0.1, 0.15) is 11.5 Å². The van der Waals surface area contributed by atoms with Crippen molar-refractivity contribution in [3.63, 3.8) is 0 Å². The molecule has 1 aromatic heterocycles. The van der Waals surface area contributed by atoms with E-state index in [-0.39, 0.29) is 42.4 Å². The molecule has 1 aliphatic rings. The summed E-state index contributed by atoms with van der Waals surface area (Å²) in [7, 11) is -3.55. The van der Waals surface area contributed by atoms with E-state index in [0.717, 1.165) is 0 Å². The van der Waals surface area contributed by atoms with E-state index >= 15 is 0 Å². The summed E-state index contributed by atoms with van der Waals surface area (Å²) in [4.78, 5) is 21.7. The topological polar surface area (TPSA) is 80.2 Å². The van der Waals surface area contributed by atoms with Crippen molar-refractivity contribution in [2.45, 2.75) is 11.7 Å². The SMILES string of the molecule is O=C(c1cnccn1)N1CCC(c2ccccc2F)S(=O)(=O)CC1. The summed E-state index contributed by atoms with van der Waals surface area (Å²) < 4.78 is 39.1. The van der Waals surface area contributed by atoms with Crippen molar-refractivity contribution in [3.8, 4) is 0 Å². The molecule has 0 N–H and O–H groups in total. The molecule has 1 saturated heterocycles. The van der Waals surface area contributed by atoms with E-state index in [9.17, 15) is 17.6 Å². The highest BCUT2D eigenvalue weighted by molar-refractivity contribution is 7.91. The maximum atomic E-state index is 14.0. The highest BCUT2D eigenvalue weighted by Crippen LogP contribution is 2.31. The van der Waals surface area contributed by atoms with Crippen LogP contribution in [0.15, 0.2) is 42.9 Å². The third-order valence-electron chi connectivity index (χ3n) is 4.06. The van der Waals surface area contributed by atoms with Crippen LogP contribution in [-0.2, 0) is 9.84 Å². The average molecular weight is 349 g/mol. The van der Waals surface area contributed by atoms with Gasteiger partial charge in [0.25, 0.3) is 5.91 Å². The first kappa shape index (κ1) is 16.5. The quantitative estimate of drug-likeness (QED) is 0.823. The lowest BCUT2D eigenvalue weighted by atomic mass is 10.1. The first-order chi connectivity index (χ1) is 11.5. The number of hydrogen-bond donors (Lipinski definition) is 0. The van der Waals surface area contributed by atoms with Gasteiger partial charge < -0.3 is 4.90 Å². The Morgan fingerprint density at radius 2 is 2.00 bits per heavy atom.